The molecule has 2 atom stereocenters. The fraction of sp³-hybridized carbons (Fsp3) is 0.875. The standard InChI is InChI=1S/C8H15NO2Se/c1-2-3-9-7(4-10)6-12-8(9)5-11/h4,7-8,11H,2-3,5-6H2,1H3/t7-,8?/m1/s1. The van der Waals surface area contributed by atoms with E-state index in [2.05, 4.69) is 11.8 Å². The van der Waals surface area contributed by atoms with Crippen molar-refractivity contribution < 1.29 is 9.90 Å². The fourth-order valence-corrected chi connectivity index (χ4v) is 4.08. The van der Waals surface area contributed by atoms with Gasteiger partial charge < -0.3 is 0 Å². The van der Waals surface area contributed by atoms with E-state index in [1.54, 1.807) is 0 Å². The van der Waals surface area contributed by atoms with Crippen molar-refractivity contribution in [3.05, 3.63) is 0 Å². The summed E-state index contributed by atoms with van der Waals surface area (Å²) in [6, 6.07) is 0.0853. The molecule has 0 bridgehead atoms. The summed E-state index contributed by atoms with van der Waals surface area (Å²) >= 11 is 0.426. The van der Waals surface area contributed by atoms with Crippen LogP contribution in [0.25, 0.3) is 0 Å². The van der Waals surface area contributed by atoms with Crippen LogP contribution in [-0.2, 0) is 4.79 Å². The molecule has 1 unspecified atom stereocenters. The molecule has 12 heavy (non-hydrogen) atoms. The molecule has 0 aromatic rings. The molecule has 0 saturated carbocycles. The van der Waals surface area contributed by atoms with Crippen LogP contribution in [0.3, 0.4) is 0 Å². The average molecular weight is 236 g/mol. The number of aliphatic hydroxyl groups excluding tert-OH is 1. The molecule has 1 aliphatic rings. The van der Waals surface area contributed by atoms with Crippen LogP contribution in [0.4, 0.5) is 0 Å². The van der Waals surface area contributed by atoms with Crippen molar-refractivity contribution in [3.8, 4) is 0 Å². The van der Waals surface area contributed by atoms with Gasteiger partial charge in [0.15, 0.2) is 0 Å². The van der Waals surface area contributed by atoms with E-state index in [1.165, 1.54) is 0 Å². The normalized spacial score (nSPS) is 30.8. The third-order valence-electron chi connectivity index (χ3n) is 2.05. The van der Waals surface area contributed by atoms with E-state index in [0.29, 0.717) is 15.0 Å². The Hall–Kier alpha value is 0.109. The monoisotopic (exact) mass is 237 g/mol. The first-order valence-corrected chi connectivity index (χ1v) is 6.47. The Kier molecular flexibility index (Phi) is 4.22. The van der Waals surface area contributed by atoms with Gasteiger partial charge in [-0.3, -0.25) is 0 Å². The summed E-state index contributed by atoms with van der Waals surface area (Å²) < 4.78 is 0. The van der Waals surface area contributed by atoms with E-state index >= 15 is 0 Å². The van der Waals surface area contributed by atoms with Crippen molar-refractivity contribution in [2.75, 3.05) is 13.2 Å². The van der Waals surface area contributed by atoms with Gasteiger partial charge in [-0.2, -0.15) is 0 Å². The van der Waals surface area contributed by atoms with Gasteiger partial charge in [0.1, 0.15) is 0 Å². The Labute approximate surface area is 79.3 Å². The van der Waals surface area contributed by atoms with Crippen molar-refractivity contribution in [3.63, 3.8) is 0 Å². The molecule has 0 amide bonds. The van der Waals surface area contributed by atoms with Crippen LogP contribution in [0.1, 0.15) is 13.3 Å². The van der Waals surface area contributed by atoms with Crippen molar-refractivity contribution in [1.29, 1.82) is 0 Å². The molecule has 0 aromatic carbocycles. The van der Waals surface area contributed by atoms with Crippen LogP contribution in [-0.4, -0.2) is 55.4 Å². The molecule has 1 saturated heterocycles. The van der Waals surface area contributed by atoms with Crippen LogP contribution in [0.15, 0.2) is 0 Å². The van der Waals surface area contributed by atoms with Crippen LogP contribution >= 0.6 is 0 Å². The molecule has 1 aliphatic heterocycles. The van der Waals surface area contributed by atoms with E-state index in [-0.39, 0.29) is 17.6 Å². The summed E-state index contributed by atoms with van der Waals surface area (Å²) in [5.41, 5.74) is 0. The zero-order chi connectivity index (χ0) is 8.97. The maximum absolute atomic E-state index is 10.6. The minimum absolute atomic E-state index is 0.0853. The quantitative estimate of drug-likeness (QED) is 0.539. The molecule has 1 fully saturated rings. The average Bonchev–Trinajstić information content (AvgIpc) is 2.48. The Morgan fingerprint density at radius 3 is 3.00 bits per heavy atom. The summed E-state index contributed by atoms with van der Waals surface area (Å²) in [5.74, 6) is 0. The van der Waals surface area contributed by atoms with Crippen molar-refractivity contribution in [2.45, 2.75) is 29.6 Å². The first-order valence-electron chi connectivity index (χ1n) is 4.27. The number of carbonyl (C=O) groups is 1. The van der Waals surface area contributed by atoms with E-state index in [1.807, 2.05) is 0 Å². The molecule has 70 valence electrons. The Morgan fingerprint density at radius 1 is 1.75 bits per heavy atom. The summed E-state index contributed by atoms with van der Waals surface area (Å²) in [6.07, 6.45) is 2.07. The van der Waals surface area contributed by atoms with Gasteiger partial charge in [-0.25, -0.2) is 0 Å². The topological polar surface area (TPSA) is 40.5 Å². The molecule has 0 radical (unpaired) electrons. The molecule has 0 aliphatic carbocycles. The Morgan fingerprint density at radius 2 is 2.50 bits per heavy atom. The third-order valence-corrected chi connectivity index (χ3v) is 4.86. The van der Waals surface area contributed by atoms with Gasteiger partial charge in [0.05, 0.1) is 0 Å². The number of carbonyl (C=O) groups excluding carboxylic acids is 1. The zero-order valence-electron chi connectivity index (χ0n) is 7.27. The number of aliphatic hydroxyl groups is 1. The van der Waals surface area contributed by atoms with Crippen LogP contribution < -0.4 is 0 Å². The summed E-state index contributed by atoms with van der Waals surface area (Å²) in [6.45, 7) is 3.25. The van der Waals surface area contributed by atoms with E-state index in [9.17, 15) is 4.79 Å². The molecule has 1 rings (SSSR count). The Balaban J connectivity index is 2.52. The van der Waals surface area contributed by atoms with Gasteiger partial charge in [-0.1, -0.05) is 0 Å². The van der Waals surface area contributed by atoms with Crippen LogP contribution in [0.5, 0.6) is 0 Å². The number of hydrogen-bond acceptors (Lipinski definition) is 3. The van der Waals surface area contributed by atoms with Gasteiger partial charge in [-0.05, 0) is 0 Å². The predicted octanol–water partition coefficient (Wildman–Crippen LogP) is -0.280. The Bertz CT molecular complexity index is 154. The molecule has 0 aromatic heterocycles. The fourth-order valence-electron chi connectivity index (χ4n) is 1.46. The van der Waals surface area contributed by atoms with Gasteiger partial charge in [-0.15, -0.1) is 0 Å². The summed E-state index contributed by atoms with van der Waals surface area (Å²) in [4.78, 5) is 13.1. The van der Waals surface area contributed by atoms with Crippen molar-refractivity contribution in [1.82, 2.24) is 4.90 Å². The van der Waals surface area contributed by atoms with Crippen LogP contribution in [0.2, 0.25) is 5.32 Å². The van der Waals surface area contributed by atoms with Gasteiger partial charge in [0.25, 0.3) is 0 Å². The number of hydrogen-bond donors (Lipinski definition) is 1. The number of rotatable bonds is 4. The minimum atomic E-state index is 0.0853. The SMILES string of the molecule is CCCN1C(CO)[Se]C[C@H]1C=O. The second kappa shape index (κ2) is 4.97. The molecule has 0 spiro atoms. The molecular formula is C8H15NO2Se. The second-order valence-electron chi connectivity index (χ2n) is 2.91. The van der Waals surface area contributed by atoms with E-state index in [0.717, 1.165) is 24.6 Å². The van der Waals surface area contributed by atoms with Gasteiger partial charge in [0.2, 0.25) is 0 Å². The summed E-state index contributed by atoms with van der Waals surface area (Å²) in [5, 5.41) is 10.0. The van der Waals surface area contributed by atoms with E-state index in [4.69, 9.17) is 5.11 Å². The molecule has 1 N–H and O–H groups in total. The maximum atomic E-state index is 10.6. The number of nitrogens with zero attached hydrogens (tertiary/aromatic N) is 1. The third kappa shape index (κ3) is 2.07. The van der Waals surface area contributed by atoms with Crippen molar-refractivity contribution in [2.24, 2.45) is 0 Å². The van der Waals surface area contributed by atoms with Gasteiger partial charge >= 0.3 is 78.8 Å². The molecule has 1 heterocycles. The predicted molar refractivity (Wildman–Crippen MR) is 48.3 cm³/mol. The molecule has 4 heteroatoms. The zero-order valence-corrected chi connectivity index (χ0v) is 8.98. The first-order chi connectivity index (χ1) is 5.83. The van der Waals surface area contributed by atoms with Gasteiger partial charge in [0, 0.05) is 0 Å². The van der Waals surface area contributed by atoms with Crippen molar-refractivity contribution >= 4 is 21.2 Å². The second-order valence-corrected chi connectivity index (χ2v) is 5.45. The van der Waals surface area contributed by atoms with E-state index < -0.39 is 0 Å². The number of aldehydes is 1. The first kappa shape index (κ1) is 10.2. The summed E-state index contributed by atoms with van der Waals surface area (Å²) in [7, 11) is 0. The molecular weight excluding hydrogens is 221 g/mol. The van der Waals surface area contributed by atoms with Crippen LogP contribution in [0, 0.1) is 0 Å². The molecule has 3 nitrogen and oxygen atoms in total.